The van der Waals surface area contributed by atoms with E-state index in [1.807, 2.05) is 51.1 Å². The zero-order valence-electron chi connectivity index (χ0n) is 18.7. The molecule has 3 aromatic rings. The van der Waals surface area contributed by atoms with Gasteiger partial charge in [0.2, 0.25) is 5.78 Å². The Morgan fingerprint density at radius 3 is 2.42 bits per heavy atom. The predicted molar refractivity (Wildman–Crippen MR) is 121 cm³/mol. The predicted octanol–water partition coefficient (Wildman–Crippen LogP) is 5.07. The molecule has 31 heavy (non-hydrogen) atoms. The van der Waals surface area contributed by atoms with Gasteiger partial charge in [0, 0.05) is 23.5 Å². The fourth-order valence-corrected chi connectivity index (χ4v) is 4.00. The lowest BCUT2D eigenvalue weighted by atomic mass is 10.1. The summed E-state index contributed by atoms with van der Waals surface area (Å²) in [6.07, 6.45) is 0.976. The minimum absolute atomic E-state index is 0.193. The molecule has 0 aliphatic carbocycles. The van der Waals surface area contributed by atoms with Crippen LogP contribution in [-0.2, 0) is 17.8 Å². The summed E-state index contributed by atoms with van der Waals surface area (Å²) in [6, 6.07) is 9.86. The van der Waals surface area contributed by atoms with Crippen LogP contribution in [0.25, 0.3) is 0 Å². The Bertz CT molecular complexity index is 1110. The molecule has 0 saturated carbocycles. The molecule has 0 bridgehead atoms. The molecule has 0 spiro atoms. The molecule has 0 atom stereocenters. The fraction of sp³-hybridized carbons (Fsp3) is 0.375. The molecule has 0 unspecified atom stereocenters. The smallest absolute Gasteiger partial charge is 0.343 e. The molecule has 0 radical (unpaired) electrons. The van der Waals surface area contributed by atoms with Crippen molar-refractivity contribution in [3.63, 3.8) is 0 Å². The topological polar surface area (TPSA) is 66.1 Å². The summed E-state index contributed by atoms with van der Waals surface area (Å²) in [5.74, 6) is -0.877. The van der Waals surface area contributed by atoms with Crippen molar-refractivity contribution in [3.05, 3.63) is 74.8 Å². The molecule has 0 N–H and O–H groups in total. The van der Waals surface area contributed by atoms with Gasteiger partial charge in [-0.25, -0.2) is 9.48 Å². The normalized spacial score (nSPS) is 11.0. The molecule has 0 amide bonds. The third-order valence-corrected chi connectivity index (χ3v) is 5.76. The number of aromatic nitrogens is 3. The molecule has 3 rings (SSSR count). The number of benzene rings is 1. The van der Waals surface area contributed by atoms with Crippen LogP contribution in [0.15, 0.2) is 30.3 Å². The van der Waals surface area contributed by atoms with Gasteiger partial charge in [-0.15, -0.1) is 0 Å². The summed E-state index contributed by atoms with van der Waals surface area (Å²) >= 11 is 6.43. The first-order valence-electron chi connectivity index (χ1n) is 10.4. The minimum Gasteiger partial charge on any atom is -0.454 e. The van der Waals surface area contributed by atoms with Gasteiger partial charge in [-0.2, -0.15) is 5.10 Å². The molecule has 0 fully saturated rings. The van der Waals surface area contributed by atoms with E-state index in [9.17, 15) is 9.59 Å². The lowest BCUT2D eigenvalue weighted by molar-refractivity contribution is 0.0474. The van der Waals surface area contributed by atoms with Gasteiger partial charge in [-0.3, -0.25) is 4.79 Å². The van der Waals surface area contributed by atoms with Gasteiger partial charge in [-0.1, -0.05) is 48.4 Å². The summed E-state index contributed by atoms with van der Waals surface area (Å²) in [5, 5.41) is 4.58. The zero-order chi connectivity index (χ0) is 22.7. The maximum absolute atomic E-state index is 12.7. The second-order valence-electron chi connectivity index (χ2n) is 7.83. The third-order valence-electron chi connectivity index (χ3n) is 5.38. The summed E-state index contributed by atoms with van der Waals surface area (Å²) in [4.78, 5) is 25.3. The lowest BCUT2D eigenvalue weighted by Gasteiger charge is -2.08. The Morgan fingerprint density at radius 1 is 1.10 bits per heavy atom. The van der Waals surface area contributed by atoms with Crippen molar-refractivity contribution in [1.29, 1.82) is 0 Å². The number of rotatable bonds is 8. The maximum atomic E-state index is 12.7. The van der Waals surface area contributed by atoms with Gasteiger partial charge in [0.25, 0.3) is 0 Å². The number of halogens is 1. The highest BCUT2D eigenvalue weighted by molar-refractivity contribution is 6.32. The molecule has 2 aromatic heterocycles. The van der Waals surface area contributed by atoms with Gasteiger partial charge in [0.05, 0.1) is 12.2 Å². The molecule has 2 heterocycles. The summed E-state index contributed by atoms with van der Waals surface area (Å²) in [7, 11) is 0. The van der Waals surface area contributed by atoms with E-state index < -0.39 is 5.97 Å². The first-order chi connectivity index (χ1) is 14.7. The number of carbonyl (C=O) groups excluding carboxylic acids is 2. The number of esters is 1. The highest BCUT2D eigenvalue weighted by atomic mass is 35.5. The van der Waals surface area contributed by atoms with E-state index in [0.717, 1.165) is 35.5 Å². The Labute approximate surface area is 187 Å². The summed E-state index contributed by atoms with van der Waals surface area (Å²) in [6.45, 7) is 10.6. The quantitative estimate of drug-likeness (QED) is 0.361. The third kappa shape index (κ3) is 4.90. The molecular formula is C24H28ClN3O3. The number of hydrogen-bond acceptors (Lipinski definition) is 4. The molecule has 0 aliphatic heterocycles. The minimum atomic E-state index is -0.645. The van der Waals surface area contributed by atoms with E-state index in [1.165, 1.54) is 0 Å². The van der Waals surface area contributed by atoms with E-state index in [0.29, 0.717) is 17.8 Å². The van der Waals surface area contributed by atoms with Crippen LogP contribution in [0.5, 0.6) is 0 Å². The van der Waals surface area contributed by atoms with Crippen molar-refractivity contribution >= 4 is 23.4 Å². The van der Waals surface area contributed by atoms with E-state index in [2.05, 4.69) is 16.6 Å². The number of ketones is 1. The fourth-order valence-electron chi connectivity index (χ4n) is 3.69. The van der Waals surface area contributed by atoms with Crippen LogP contribution in [0.4, 0.5) is 0 Å². The van der Waals surface area contributed by atoms with Crippen LogP contribution in [-0.4, -0.2) is 32.7 Å². The average Bonchev–Trinajstić information content (AvgIpc) is 3.17. The Hall–Kier alpha value is -2.86. The number of carbonyl (C=O) groups is 2. The highest BCUT2D eigenvalue weighted by Gasteiger charge is 2.24. The van der Waals surface area contributed by atoms with Crippen LogP contribution in [0.2, 0.25) is 5.15 Å². The van der Waals surface area contributed by atoms with Crippen molar-refractivity contribution in [3.8, 4) is 0 Å². The zero-order valence-corrected chi connectivity index (χ0v) is 19.4. The Balaban J connectivity index is 1.71. The van der Waals surface area contributed by atoms with Crippen molar-refractivity contribution < 1.29 is 14.3 Å². The Morgan fingerprint density at radius 2 is 1.77 bits per heavy atom. The number of aryl methyl sites for hydroxylation is 3. The molecule has 164 valence electrons. The maximum Gasteiger partial charge on any atom is 0.343 e. The van der Waals surface area contributed by atoms with Crippen molar-refractivity contribution in [1.82, 2.24) is 14.3 Å². The Kier molecular flexibility index (Phi) is 7.01. The molecule has 6 nitrogen and oxygen atoms in total. The summed E-state index contributed by atoms with van der Waals surface area (Å²) in [5.41, 5.74) is 5.33. The largest absolute Gasteiger partial charge is 0.454 e. The van der Waals surface area contributed by atoms with E-state index in [-0.39, 0.29) is 23.1 Å². The van der Waals surface area contributed by atoms with Crippen molar-refractivity contribution in [2.75, 3.05) is 6.61 Å². The second kappa shape index (κ2) is 9.52. The number of Topliss-reactive ketones (excluding diaryl/α,β-unsaturated/α-hetero) is 1. The van der Waals surface area contributed by atoms with Gasteiger partial charge in [0.1, 0.15) is 10.7 Å². The molecule has 7 heteroatoms. The average molecular weight is 442 g/mol. The monoisotopic (exact) mass is 441 g/mol. The molecule has 0 aliphatic rings. The highest BCUT2D eigenvalue weighted by Crippen LogP contribution is 2.23. The van der Waals surface area contributed by atoms with Crippen LogP contribution in [0, 0.1) is 27.7 Å². The number of ether oxygens (including phenoxy) is 1. The van der Waals surface area contributed by atoms with Crippen LogP contribution >= 0.6 is 11.6 Å². The van der Waals surface area contributed by atoms with Crippen molar-refractivity contribution in [2.24, 2.45) is 0 Å². The van der Waals surface area contributed by atoms with Crippen molar-refractivity contribution in [2.45, 2.75) is 54.1 Å². The van der Waals surface area contributed by atoms with Gasteiger partial charge >= 0.3 is 5.97 Å². The van der Waals surface area contributed by atoms with E-state index >= 15 is 0 Å². The van der Waals surface area contributed by atoms with Crippen LogP contribution in [0.1, 0.15) is 62.3 Å². The van der Waals surface area contributed by atoms with Crippen LogP contribution in [0.3, 0.4) is 0 Å². The first-order valence-corrected chi connectivity index (χ1v) is 10.8. The molecule has 0 saturated heterocycles. The van der Waals surface area contributed by atoms with Gasteiger partial charge in [0.15, 0.2) is 6.61 Å². The van der Waals surface area contributed by atoms with Gasteiger partial charge < -0.3 is 9.30 Å². The number of nitrogens with zero attached hydrogens (tertiary/aromatic N) is 3. The SMILES string of the molecule is CCCn1c(C)cc(C(=O)COC(=O)c2c(C)nn(Cc3ccc(C)cc3)c2Cl)c1C. The second-order valence-corrected chi connectivity index (χ2v) is 8.19. The van der Waals surface area contributed by atoms with Crippen LogP contribution < -0.4 is 0 Å². The number of hydrogen-bond donors (Lipinski definition) is 0. The van der Waals surface area contributed by atoms with Gasteiger partial charge in [-0.05, 0) is 45.7 Å². The lowest BCUT2D eigenvalue weighted by Crippen LogP contribution is -2.16. The first kappa shape index (κ1) is 22.8. The standard InChI is InChI=1S/C24H28ClN3O3/c1-6-11-27-16(3)12-20(18(27)5)21(29)14-31-24(30)22-17(4)26-28(23(22)25)13-19-9-7-15(2)8-10-19/h7-10,12H,6,11,13-14H2,1-5H3. The summed E-state index contributed by atoms with van der Waals surface area (Å²) < 4.78 is 8.98. The van der Waals surface area contributed by atoms with E-state index in [4.69, 9.17) is 16.3 Å². The molecular weight excluding hydrogens is 414 g/mol. The van der Waals surface area contributed by atoms with E-state index in [1.54, 1.807) is 11.6 Å². The molecule has 1 aromatic carbocycles.